The van der Waals surface area contributed by atoms with Crippen molar-refractivity contribution in [2.75, 3.05) is 7.05 Å². The van der Waals surface area contributed by atoms with Crippen molar-refractivity contribution in [3.8, 4) is 5.75 Å². The van der Waals surface area contributed by atoms with E-state index in [0.29, 0.717) is 17.1 Å². The van der Waals surface area contributed by atoms with E-state index in [1.807, 2.05) is 39.1 Å². The molecule has 0 aliphatic heterocycles. The molecule has 0 aliphatic rings. The predicted molar refractivity (Wildman–Crippen MR) is 84.4 cm³/mol. The number of ether oxygens (including phenoxy) is 1. The molecule has 112 valence electrons. The van der Waals surface area contributed by atoms with E-state index in [9.17, 15) is 4.39 Å². The van der Waals surface area contributed by atoms with Crippen LogP contribution in [0.2, 0.25) is 5.02 Å². The molecule has 0 heterocycles. The molecule has 0 aromatic heterocycles. The first kappa shape index (κ1) is 15.8. The molecule has 0 fully saturated rings. The Morgan fingerprint density at radius 3 is 2.43 bits per heavy atom. The molecule has 2 nitrogen and oxygen atoms in total. The Hall–Kier alpha value is -1.58. The SMILES string of the molecule is CNCc1ccc(F)c(COc2c(C)cc(Cl)cc2C)c1. The number of rotatable bonds is 5. The summed E-state index contributed by atoms with van der Waals surface area (Å²) in [7, 11) is 1.86. The highest BCUT2D eigenvalue weighted by Crippen LogP contribution is 2.28. The van der Waals surface area contributed by atoms with E-state index < -0.39 is 0 Å². The number of halogens is 2. The van der Waals surface area contributed by atoms with Crippen LogP contribution in [0.1, 0.15) is 22.3 Å². The summed E-state index contributed by atoms with van der Waals surface area (Å²) in [6.07, 6.45) is 0. The van der Waals surface area contributed by atoms with Gasteiger partial charge in [0.1, 0.15) is 18.2 Å². The molecular weight excluding hydrogens is 289 g/mol. The molecule has 0 aliphatic carbocycles. The Bertz CT molecular complexity index is 620. The third kappa shape index (κ3) is 3.96. The minimum Gasteiger partial charge on any atom is -0.488 e. The zero-order valence-electron chi connectivity index (χ0n) is 12.5. The van der Waals surface area contributed by atoms with Crippen LogP contribution in [0.3, 0.4) is 0 Å². The van der Waals surface area contributed by atoms with Gasteiger partial charge in [0.2, 0.25) is 0 Å². The number of nitrogens with one attached hydrogen (secondary N) is 1. The van der Waals surface area contributed by atoms with Gasteiger partial charge in [-0.15, -0.1) is 0 Å². The molecule has 0 bridgehead atoms. The lowest BCUT2D eigenvalue weighted by atomic mass is 10.1. The maximum Gasteiger partial charge on any atom is 0.129 e. The molecule has 2 rings (SSSR count). The number of benzene rings is 2. The largest absolute Gasteiger partial charge is 0.488 e. The number of aryl methyl sites for hydroxylation is 2. The summed E-state index contributed by atoms with van der Waals surface area (Å²) in [4.78, 5) is 0. The highest BCUT2D eigenvalue weighted by molar-refractivity contribution is 6.30. The maximum atomic E-state index is 13.9. The van der Waals surface area contributed by atoms with Gasteiger partial charge in [-0.3, -0.25) is 0 Å². The van der Waals surface area contributed by atoms with Gasteiger partial charge < -0.3 is 10.1 Å². The second-order valence-corrected chi connectivity index (χ2v) is 5.55. The second kappa shape index (κ2) is 6.92. The normalized spacial score (nSPS) is 10.7. The Morgan fingerprint density at radius 2 is 1.81 bits per heavy atom. The summed E-state index contributed by atoms with van der Waals surface area (Å²) < 4.78 is 19.7. The topological polar surface area (TPSA) is 21.3 Å². The minimum absolute atomic E-state index is 0.201. The van der Waals surface area contributed by atoms with Crippen LogP contribution in [0.4, 0.5) is 4.39 Å². The summed E-state index contributed by atoms with van der Waals surface area (Å²) in [5.41, 5.74) is 3.48. The Morgan fingerprint density at radius 1 is 1.14 bits per heavy atom. The molecule has 2 aromatic carbocycles. The van der Waals surface area contributed by atoms with Crippen LogP contribution in [0, 0.1) is 19.7 Å². The molecule has 4 heteroatoms. The maximum absolute atomic E-state index is 13.9. The van der Waals surface area contributed by atoms with E-state index in [2.05, 4.69) is 5.32 Å². The zero-order chi connectivity index (χ0) is 15.4. The zero-order valence-corrected chi connectivity index (χ0v) is 13.2. The second-order valence-electron chi connectivity index (χ2n) is 5.11. The molecule has 0 radical (unpaired) electrons. The van der Waals surface area contributed by atoms with Crippen molar-refractivity contribution in [2.45, 2.75) is 27.0 Å². The smallest absolute Gasteiger partial charge is 0.129 e. The van der Waals surface area contributed by atoms with Crippen molar-refractivity contribution >= 4 is 11.6 Å². The van der Waals surface area contributed by atoms with Crippen molar-refractivity contribution in [2.24, 2.45) is 0 Å². The van der Waals surface area contributed by atoms with Crippen molar-refractivity contribution in [3.63, 3.8) is 0 Å². The first-order chi connectivity index (χ1) is 10.0. The molecule has 0 atom stereocenters. The van der Waals surface area contributed by atoms with Gasteiger partial charge in [0.15, 0.2) is 0 Å². The highest BCUT2D eigenvalue weighted by Gasteiger charge is 2.09. The molecule has 0 saturated carbocycles. The monoisotopic (exact) mass is 307 g/mol. The van der Waals surface area contributed by atoms with Gasteiger partial charge >= 0.3 is 0 Å². The van der Waals surface area contributed by atoms with Gasteiger partial charge in [0.25, 0.3) is 0 Å². The van der Waals surface area contributed by atoms with Crippen LogP contribution in [-0.4, -0.2) is 7.05 Å². The van der Waals surface area contributed by atoms with Crippen LogP contribution in [0.25, 0.3) is 0 Å². The Balaban J connectivity index is 2.18. The van der Waals surface area contributed by atoms with Crippen molar-refractivity contribution in [3.05, 3.63) is 63.4 Å². The van der Waals surface area contributed by atoms with Crippen molar-refractivity contribution < 1.29 is 9.13 Å². The van der Waals surface area contributed by atoms with Gasteiger partial charge in [-0.05, 0) is 61.9 Å². The number of hydrogen-bond donors (Lipinski definition) is 1. The van der Waals surface area contributed by atoms with Crippen LogP contribution < -0.4 is 10.1 Å². The molecule has 0 unspecified atom stereocenters. The number of hydrogen-bond acceptors (Lipinski definition) is 2. The quantitative estimate of drug-likeness (QED) is 0.884. The lowest BCUT2D eigenvalue weighted by Crippen LogP contribution is -2.07. The standard InChI is InChI=1S/C17H19ClFNO/c1-11-6-15(18)7-12(2)17(11)21-10-14-8-13(9-20-3)4-5-16(14)19/h4-8,20H,9-10H2,1-3H3. The highest BCUT2D eigenvalue weighted by atomic mass is 35.5. The fraction of sp³-hybridized carbons (Fsp3) is 0.294. The van der Waals surface area contributed by atoms with E-state index in [-0.39, 0.29) is 12.4 Å². The molecular formula is C17H19ClFNO. The van der Waals surface area contributed by atoms with E-state index in [1.165, 1.54) is 6.07 Å². The third-order valence-electron chi connectivity index (χ3n) is 3.29. The first-order valence-electron chi connectivity index (χ1n) is 6.82. The van der Waals surface area contributed by atoms with E-state index in [4.69, 9.17) is 16.3 Å². The van der Waals surface area contributed by atoms with Gasteiger partial charge in [-0.25, -0.2) is 4.39 Å². The molecule has 1 N–H and O–H groups in total. The van der Waals surface area contributed by atoms with Crippen LogP contribution in [0.15, 0.2) is 30.3 Å². The summed E-state index contributed by atoms with van der Waals surface area (Å²) >= 11 is 6.00. The molecule has 0 spiro atoms. The summed E-state index contributed by atoms with van der Waals surface area (Å²) in [5.74, 6) is 0.511. The lowest BCUT2D eigenvalue weighted by molar-refractivity contribution is 0.295. The van der Waals surface area contributed by atoms with Crippen LogP contribution in [-0.2, 0) is 13.2 Å². The van der Waals surface area contributed by atoms with Crippen molar-refractivity contribution in [1.82, 2.24) is 5.32 Å². The van der Waals surface area contributed by atoms with E-state index >= 15 is 0 Å². The molecule has 0 saturated heterocycles. The van der Waals surface area contributed by atoms with Crippen LogP contribution >= 0.6 is 11.6 Å². The molecule has 21 heavy (non-hydrogen) atoms. The molecule has 2 aromatic rings. The summed E-state index contributed by atoms with van der Waals surface area (Å²) in [6, 6.07) is 8.77. The van der Waals surface area contributed by atoms with Gasteiger partial charge in [0, 0.05) is 17.1 Å². The van der Waals surface area contributed by atoms with E-state index in [1.54, 1.807) is 6.07 Å². The first-order valence-corrected chi connectivity index (χ1v) is 7.20. The lowest BCUT2D eigenvalue weighted by Gasteiger charge is -2.14. The Kier molecular flexibility index (Phi) is 5.21. The average Bonchev–Trinajstić information content (AvgIpc) is 2.41. The fourth-order valence-corrected chi connectivity index (χ4v) is 2.66. The summed E-state index contributed by atoms with van der Waals surface area (Å²) in [6.45, 7) is 4.77. The van der Waals surface area contributed by atoms with Gasteiger partial charge in [-0.1, -0.05) is 17.7 Å². The Labute approximate surface area is 129 Å². The predicted octanol–water partition coefficient (Wildman–Crippen LogP) is 4.39. The fourth-order valence-electron chi connectivity index (χ4n) is 2.33. The third-order valence-corrected chi connectivity index (χ3v) is 3.51. The average molecular weight is 308 g/mol. The van der Waals surface area contributed by atoms with Crippen LogP contribution in [0.5, 0.6) is 5.75 Å². The van der Waals surface area contributed by atoms with Gasteiger partial charge in [-0.2, -0.15) is 0 Å². The summed E-state index contributed by atoms with van der Waals surface area (Å²) in [5, 5.41) is 3.73. The van der Waals surface area contributed by atoms with E-state index in [0.717, 1.165) is 22.4 Å². The minimum atomic E-state index is -0.251. The molecule has 0 amide bonds. The van der Waals surface area contributed by atoms with Gasteiger partial charge in [0.05, 0.1) is 0 Å². The van der Waals surface area contributed by atoms with Crippen molar-refractivity contribution in [1.29, 1.82) is 0 Å².